The lowest BCUT2D eigenvalue weighted by molar-refractivity contribution is 0.474. The predicted molar refractivity (Wildman–Crippen MR) is 164 cm³/mol. The van der Waals surface area contributed by atoms with Gasteiger partial charge in [-0.3, -0.25) is 38.7 Å². The summed E-state index contributed by atoms with van der Waals surface area (Å²) in [5, 5.41) is 5.10. The van der Waals surface area contributed by atoms with E-state index in [2.05, 4.69) is 10.6 Å². The largest absolute Gasteiger partial charge is 0.297 e. The highest BCUT2D eigenvalue weighted by atomic mass is 32.2. The van der Waals surface area contributed by atoms with E-state index in [4.69, 9.17) is 9.11 Å². The molecule has 0 amide bonds. The van der Waals surface area contributed by atoms with E-state index >= 15 is 0 Å². The Kier molecular flexibility index (Phi) is 12.7. The molecule has 0 spiro atoms. The molecule has 2 heterocycles. The summed E-state index contributed by atoms with van der Waals surface area (Å²) < 4.78 is 66.6. The second-order valence-corrected chi connectivity index (χ2v) is 12.3. The van der Waals surface area contributed by atoms with Crippen molar-refractivity contribution in [2.75, 3.05) is 11.8 Å². The van der Waals surface area contributed by atoms with Crippen molar-refractivity contribution in [3.63, 3.8) is 0 Å². The molecule has 2 aromatic heterocycles. The predicted octanol–water partition coefficient (Wildman–Crippen LogP) is 0.458. The molecule has 0 aliphatic heterocycles. The monoisotopic (exact) mass is 646 g/mol. The molecule has 2 aromatic carbocycles. The number of aromatic nitrogens is 4. The number of benzene rings is 2. The first kappa shape index (κ1) is 36.2. The van der Waals surface area contributed by atoms with Crippen LogP contribution < -0.4 is 21.8 Å². The highest BCUT2D eigenvalue weighted by molar-refractivity contribution is 7.85. The molecule has 43 heavy (non-hydrogen) atoms. The molecule has 14 nitrogen and oxygen atoms in total. The molecular weight excluding hydrogens is 613 g/mol. The van der Waals surface area contributed by atoms with Crippen molar-refractivity contribution in [2.24, 2.45) is 14.1 Å². The number of hydrogen-bond acceptors (Lipinski definition) is 8. The lowest BCUT2D eigenvalue weighted by Gasteiger charge is -2.07. The summed E-state index contributed by atoms with van der Waals surface area (Å²) in [5.74, 6) is -1.18. The number of nitrogens with zero attached hydrogens (tertiary/aromatic N) is 4. The maximum Gasteiger partial charge on any atom is 0.278 e. The third-order valence-electron chi connectivity index (χ3n) is 6.52. The van der Waals surface area contributed by atoms with E-state index in [1.807, 2.05) is 60.7 Å². The quantitative estimate of drug-likeness (QED) is 0.139. The normalized spacial score (nSPS) is 11.5. The van der Waals surface area contributed by atoms with Crippen LogP contribution in [0, 0.1) is 13.8 Å². The van der Waals surface area contributed by atoms with E-state index in [0.29, 0.717) is 11.1 Å². The van der Waals surface area contributed by atoms with Crippen LogP contribution in [0.4, 0.5) is 0 Å². The minimum absolute atomic E-state index is 0. The fourth-order valence-corrected chi connectivity index (χ4v) is 4.98. The SMILES string of the molecule is Cc1c(CNCS(=O)(=O)O)c(=O)n(-c2ccccc2)n1C.Cc1c(CNCS(=O)(=O)O)c(=O)n(-c2ccccc2)n1C.[Mg]. The first-order chi connectivity index (χ1) is 19.6. The molecule has 0 atom stereocenters. The van der Waals surface area contributed by atoms with E-state index in [1.165, 1.54) is 9.36 Å². The summed E-state index contributed by atoms with van der Waals surface area (Å²) in [6.07, 6.45) is 0. The van der Waals surface area contributed by atoms with Crippen LogP contribution in [-0.2, 0) is 47.4 Å². The van der Waals surface area contributed by atoms with Crippen molar-refractivity contribution in [2.45, 2.75) is 26.9 Å². The molecule has 4 rings (SSSR count). The first-order valence-electron chi connectivity index (χ1n) is 12.6. The van der Waals surface area contributed by atoms with E-state index in [1.54, 1.807) is 37.3 Å². The third-order valence-corrected chi connectivity index (χ3v) is 7.66. The molecule has 0 saturated carbocycles. The molecule has 17 heteroatoms. The van der Waals surface area contributed by atoms with Gasteiger partial charge in [-0.2, -0.15) is 16.8 Å². The van der Waals surface area contributed by atoms with Crippen molar-refractivity contribution < 1.29 is 25.9 Å². The van der Waals surface area contributed by atoms with Crippen LogP contribution in [0.25, 0.3) is 11.4 Å². The second kappa shape index (κ2) is 15.1. The van der Waals surface area contributed by atoms with Crippen molar-refractivity contribution in [1.29, 1.82) is 0 Å². The van der Waals surface area contributed by atoms with Crippen molar-refractivity contribution in [1.82, 2.24) is 29.4 Å². The van der Waals surface area contributed by atoms with Crippen molar-refractivity contribution >= 4 is 43.3 Å². The van der Waals surface area contributed by atoms with Crippen LogP contribution in [0.5, 0.6) is 0 Å². The van der Waals surface area contributed by atoms with Crippen LogP contribution in [0.1, 0.15) is 22.5 Å². The fraction of sp³-hybridized carbons (Fsp3) is 0.308. The van der Waals surface area contributed by atoms with Crippen LogP contribution in [0.2, 0.25) is 0 Å². The standard InChI is InChI=1S/2C13H17N3O4S.Mg/c2*1-10-12(8-14-9-21(18,19)20)13(17)16(15(10)2)11-6-4-3-5-7-11;/h2*3-7,14H,8-9H2,1-2H3,(H,18,19,20);. The van der Waals surface area contributed by atoms with Crippen LogP contribution in [0.3, 0.4) is 0 Å². The Balaban J connectivity index is 0.000000293. The van der Waals surface area contributed by atoms with Crippen molar-refractivity contribution in [3.8, 4) is 11.4 Å². The molecule has 2 radical (unpaired) electrons. The van der Waals surface area contributed by atoms with E-state index < -0.39 is 32.0 Å². The lowest BCUT2D eigenvalue weighted by Crippen LogP contribution is -2.26. The molecule has 0 aliphatic rings. The summed E-state index contributed by atoms with van der Waals surface area (Å²) >= 11 is 0. The molecule has 0 fully saturated rings. The van der Waals surface area contributed by atoms with Crippen molar-refractivity contribution in [3.05, 3.63) is 104 Å². The van der Waals surface area contributed by atoms with Gasteiger partial charge in [0.1, 0.15) is 11.8 Å². The Hall–Kier alpha value is -3.03. The molecule has 4 N–H and O–H groups in total. The van der Waals surface area contributed by atoms with Gasteiger partial charge in [-0.15, -0.1) is 0 Å². The van der Waals surface area contributed by atoms with E-state index in [9.17, 15) is 26.4 Å². The smallest absolute Gasteiger partial charge is 0.278 e. The molecule has 0 unspecified atom stereocenters. The van der Waals surface area contributed by atoms with Gasteiger partial charge in [0, 0.05) is 61.6 Å². The maximum atomic E-state index is 12.5. The maximum absolute atomic E-state index is 12.5. The number of hydrogen-bond donors (Lipinski definition) is 4. The van der Waals surface area contributed by atoms with Gasteiger partial charge >= 0.3 is 0 Å². The zero-order valence-electron chi connectivity index (χ0n) is 24.3. The Labute approximate surface area is 265 Å². The van der Waals surface area contributed by atoms with Gasteiger partial charge in [0.25, 0.3) is 31.4 Å². The minimum atomic E-state index is -4.10. The molecule has 0 aliphatic carbocycles. The van der Waals surface area contributed by atoms with Gasteiger partial charge in [-0.1, -0.05) is 36.4 Å². The highest BCUT2D eigenvalue weighted by Crippen LogP contribution is 2.11. The summed E-state index contributed by atoms with van der Waals surface area (Å²) in [6, 6.07) is 18.3. The number of rotatable bonds is 10. The zero-order chi connectivity index (χ0) is 31.2. The Bertz CT molecular complexity index is 1730. The van der Waals surface area contributed by atoms with Gasteiger partial charge < -0.3 is 0 Å². The van der Waals surface area contributed by atoms with Crippen LogP contribution >= 0.6 is 0 Å². The van der Waals surface area contributed by atoms with Gasteiger partial charge in [0.2, 0.25) is 0 Å². The third kappa shape index (κ3) is 9.47. The summed E-state index contributed by atoms with van der Waals surface area (Å²) in [5.41, 5.74) is 3.41. The summed E-state index contributed by atoms with van der Waals surface area (Å²) in [7, 11) is -4.68. The Morgan fingerprint density at radius 3 is 1.21 bits per heavy atom. The zero-order valence-corrected chi connectivity index (χ0v) is 27.3. The summed E-state index contributed by atoms with van der Waals surface area (Å²) in [4.78, 5) is 24.9. The highest BCUT2D eigenvalue weighted by Gasteiger charge is 2.17. The van der Waals surface area contributed by atoms with E-state index in [-0.39, 0.29) is 47.3 Å². The Morgan fingerprint density at radius 1 is 0.628 bits per heavy atom. The Morgan fingerprint density at radius 2 is 0.930 bits per heavy atom. The van der Waals surface area contributed by atoms with Crippen LogP contribution in [0.15, 0.2) is 70.3 Å². The minimum Gasteiger partial charge on any atom is -0.297 e. The van der Waals surface area contributed by atoms with Gasteiger partial charge in [-0.05, 0) is 38.1 Å². The molecule has 230 valence electrons. The van der Waals surface area contributed by atoms with Crippen LogP contribution in [-0.4, -0.2) is 79.5 Å². The molecular formula is C26H34MgN6O8S2. The average Bonchev–Trinajstić information content (AvgIpc) is 3.26. The van der Waals surface area contributed by atoms with E-state index in [0.717, 1.165) is 22.8 Å². The lowest BCUT2D eigenvalue weighted by atomic mass is 10.2. The molecule has 0 saturated heterocycles. The molecule has 4 aromatic rings. The number of nitrogens with one attached hydrogen (secondary N) is 2. The van der Waals surface area contributed by atoms with Gasteiger partial charge in [0.15, 0.2) is 0 Å². The average molecular weight is 647 g/mol. The topological polar surface area (TPSA) is 187 Å². The fourth-order valence-electron chi connectivity index (χ4n) is 4.26. The first-order valence-corrected chi connectivity index (χ1v) is 15.8. The number of para-hydroxylation sites is 2. The molecule has 0 bridgehead atoms. The summed E-state index contributed by atoms with van der Waals surface area (Å²) in [6.45, 7) is 3.70. The van der Waals surface area contributed by atoms with Gasteiger partial charge in [0.05, 0.1) is 22.5 Å². The van der Waals surface area contributed by atoms with Gasteiger partial charge in [-0.25, -0.2) is 9.36 Å². The second-order valence-electron chi connectivity index (χ2n) is 9.39.